The standard InChI is InChI=1S/C22H23N3O3S2/c1-15(19-24-25-20(28-19)23-21(29-2)30-3)16-8-7-11-18(14-16)22(26-12-13-27-22)17-9-5-4-6-10-17/h4-11,14-15H,12-13H2,1-3H3. The van der Waals surface area contributed by atoms with Crippen LogP contribution in [0.1, 0.15) is 35.4 Å². The van der Waals surface area contributed by atoms with Crippen molar-refractivity contribution in [2.75, 3.05) is 25.7 Å². The summed E-state index contributed by atoms with van der Waals surface area (Å²) in [7, 11) is 0. The topological polar surface area (TPSA) is 69.7 Å². The molecule has 0 spiro atoms. The van der Waals surface area contributed by atoms with E-state index in [4.69, 9.17) is 13.9 Å². The molecule has 1 aliphatic heterocycles. The van der Waals surface area contributed by atoms with E-state index in [9.17, 15) is 0 Å². The second-order valence-corrected chi connectivity index (χ2v) is 8.58. The third kappa shape index (κ3) is 4.18. The number of nitrogens with zero attached hydrogens (tertiary/aromatic N) is 3. The Balaban J connectivity index is 1.65. The van der Waals surface area contributed by atoms with Gasteiger partial charge in [-0.25, -0.2) is 0 Å². The molecule has 2 heterocycles. The first kappa shape index (κ1) is 21.1. The first-order valence-electron chi connectivity index (χ1n) is 9.60. The van der Waals surface area contributed by atoms with Crippen molar-refractivity contribution in [3.8, 4) is 0 Å². The molecule has 30 heavy (non-hydrogen) atoms. The molecule has 1 fully saturated rings. The van der Waals surface area contributed by atoms with E-state index in [1.807, 2.05) is 68.0 Å². The molecule has 1 saturated heterocycles. The minimum atomic E-state index is -0.896. The molecule has 8 heteroatoms. The molecule has 1 unspecified atom stereocenters. The third-order valence-corrected chi connectivity index (χ3v) is 6.83. The molecule has 1 atom stereocenters. The SMILES string of the molecule is CSC(=Nc1nnc(C(C)c2cccc(C3(c4ccccc4)OCCO3)c2)o1)SC. The smallest absolute Gasteiger partial charge is 0.344 e. The second kappa shape index (κ2) is 9.34. The average molecular weight is 442 g/mol. The predicted octanol–water partition coefficient (Wildman–Crippen LogP) is 5.18. The van der Waals surface area contributed by atoms with Gasteiger partial charge >= 0.3 is 6.01 Å². The van der Waals surface area contributed by atoms with Crippen molar-refractivity contribution in [2.24, 2.45) is 4.99 Å². The summed E-state index contributed by atoms with van der Waals surface area (Å²) in [6.07, 6.45) is 3.94. The van der Waals surface area contributed by atoms with E-state index in [1.165, 1.54) is 0 Å². The molecule has 1 aliphatic rings. The van der Waals surface area contributed by atoms with Gasteiger partial charge in [0.15, 0.2) is 0 Å². The molecule has 0 aliphatic carbocycles. The summed E-state index contributed by atoms with van der Waals surface area (Å²) >= 11 is 3.10. The van der Waals surface area contributed by atoms with Crippen LogP contribution < -0.4 is 0 Å². The molecule has 6 nitrogen and oxygen atoms in total. The van der Waals surface area contributed by atoms with Crippen LogP contribution in [-0.2, 0) is 15.3 Å². The van der Waals surface area contributed by atoms with Crippen molar-refractivity contribution in [3.63, 3.8) is 0 Å². The molecule has 2 aromatic carbocycles. The third-order valence-electron chi connectivity index (χ3n) is 4.95. The van der Waals surface area contributed by atoms with Crippen LogP contribution in [0.25, 0.3) is 0 Å². The molecule has 1 aromatic heterocycles. The Morgan fingerprint density at radius 1 is 0.967 bits per heavy atom. The second-order valence-electron chi connectivity index (χ2n) is 6.74. The Hall–Kier alpha value is -2.13. The van der Waals surface area contributed by atoms with Gasteiger partial charge in [0.2, 0.25) is 11.7 Å². The quantitative estimate of drug-likeness (QED) is 0.399. The number of ether oxygens (including phenoxy) is 2. The fourth-order valence-electron chi connectivity index (χ4n) is 3.42. The largest absolute Gasteiger partial charge is 0.406 e. The van der Waals surface area contributed by atoms with Crippen molar-refractivity contribution in [3.05, 3.63) is 77.2 Å². The summed E-state index contributed by atoms with van der Waals surface area (Å²) in [6, 6.07) is 18.5. The zero-order valence-electron chi connectivity index (χ0n) is 17.1. The van der Waals surface area contributed by atoms with Crippen molar-refractivity contribution in [1.29, 1.82) is 0 Å². The Bertz CT molecular complexity index is 1010. The van der Waals surface area contributed by atoms with E-state index in [0.29, 0.717) is 19.1 Å². The van der Waals surface area contributed by atoms with Crippen molar-refractivity contribution in [2.45, 2.75) is 18.6 Å². The van der Waals surface area contributed by atoms with Crippen LogP contribution in [0.15, 0.2) is 64.0 Å². The lowest BCUT2D eigenvalue weighted by molar-refractivity contribution is -0.129. The number of aromatic nitrogens is 2. The lowest BCUT2D eigenvalue weighted by Gasteiger charge is -2.29. The van der Waals surface area contributed by atoms with Gasteiger partial charge in [0.25, 0.3) is 0 Å². The van der Waals surface area contributed by atoms with Gasteiger partial charge in [-0.15, -0.1) is 28.6 Å². The molecule has 3 aromatic rings. The van der Waals surface area contributed by atoms with Crippen LogP contribution >= 0.6 is 23.5 Å². The molecule has 4 rings (SSSR count). The molecule has 156 valence electrons. The Morgan fingerprint density at radius 2 is 1.67 bits per heavy atom. The molecular formula is C22H23N3O3S2. The van der Waals surface area contributed by atoms with Gasteiger partial charge in [0, 0.05) is 11.1 Å². The normalized spacial score (nSPS) is 16.4. The number of aliphatic imine (C=N–C) groups is 1. The number of hydrogen-bond acceptors (Lipinski definition) is 8. The van der Waals surface area contributed by atoms with E-state index in [0.717, 1.165) is 21.1 Å². The van der Waals surface area contributed by atoms with Gasteiger partial charge in [0.1, 0.15) is 4.38 Å². The van der Waals surface area contributed by atoms with Gasteiger partial charge < -0.3 is 13.9 Å². The zero-order chi connectivity index (χ0) is 21.0. The molecular weight excluding hydrogens is 418 g/mol. The van der Waals surface area contributed by atoms with E-state index >= 15 is 0 Å². The number of benzene rings is 2. The van der Waals surface area contributed by atoms with Gasteiger partial charge in [-0.3, -0.25) is 0 Å². The highest BCUT2D eigenvalue weighted by molar-refractivity contribution is 8.38. The maximum atomic E-state index is 6.13. The van der Waals surface area contributed by atoms with Gasteiger partial charge in [-0.05, 0) is 31.1 Å². The summed E-state index contributed by atoms with van der Waals surface area (Å²) < 4.78 is 18.9. The summed E-state index contributed by atoms with van der Waals surface area (Å²) in [5.74, 6) is -0.468. The fraction of sp³-hybridized carbons (Fsp3) is 0.318. The Kier molecular flexibility index (Phi) is 6.58. The minimum Gasteiger partial charge on any atom is -0.406 e. The summed E-state index contributed by atoms with van der Waals surface area (Å²) in [5, 5.41) is 8.29. The highest BCUT2D eigenvalue weighted by Gasteiger charge is 2.40. The van der Waals surface area contributed by atoms with E-state index in [1.54, 1.807) is 23.5 Å². The van der Waals surface area contributed by atoms with E-state index in [-0.39, 0.29) is 11.9 Å². The lowest BCUT2D eigenvalue weighted by atomic mass is 9.92. The summed E-state index contributed by atoms with van der Waals surface area (Å²) in [6.45, 7) is 3.13. The fourth-order valence-corrected chi connectivity index (χ4v) is 4.43. The first-order chi connectivity index (χ1) is 14.7. The Morgan fingerprint density at radius 3 is 2.37 bits per heavy atom. The van der Waals surface area contributed by atoms with Gasteiger partial charge in [-0.1, -0.05) is 53.6 Å². The van der Waals surface area contributed by atoms with Crippen LogP contribution in [-0.4, -0.2) is 40.3 Å². The molecule has 0 radical (unpaired) electrons. The van der Waals surface area contributed by atoms with E-state index < -0.39 is 5.79 Å². The van der Waals surface area contributed by atoms with Crippen LogP contribution in [0.5, 0.6) is 0 Å². The highest BCUT2D eigenvalue weighted by atomic mass is 32.2. The van der Waals surface area contributed by atoms with Gasteiger partial charge in [-0.2, -0.15) is 4.99 Å². The van der Waals surface area contributed by atoms with Crippen molar-refractivity contribution < 1.29 is 13.9 Å². The number of rotatable bonds is 5. The summed E-state index contributed by atoms with van der Waals surface area (Å²) in [5.41, 5.74) is 2.96. The molecule has 0 amide bonds. The maximum absolute atomic E-state index is 6.13. The van der Waals surface area contributed by atoms with Gasteiger partial charge in [0.05, 0.1) is 19.1 Å². The van der Waals surface area contributed by atoms with E-state index in [2.05, 4.69) is 21.3 Å². The van der Waals surface area contributed by atoms with Crippen molar-refractivity contribution >= 4 is 33.9 Å². The predicted molar refractivity (Wildman–Crippen MR) is 122 cm³/mol. The zero-order valence-corrected chi connectivity index (χ0v) is 18.7. The number of thioether (sulfide) groups is 2. The monoisotopic (exact) mass is 441 g/mol. The highest BCUT2D eigenvalue weighted by Crippen LogP contribution is 2.39. The average Bonchev–Trinajstić information content (AvgIpc) is 3.48. The summed E-state index contributed by atoms with van der Waals surface area (Å²) in [4.78, 5) is 4.39. The maximum Gasteiger partial charge on any atom is 0.344 e. The molecule has 0 N–H and O–H groups in total. The molecule has 0 saturated carbocycles. The lowest BCUT2D eigenvalue weighted by Crippen LogP contribution is -2.28. The van der Waals surface area contributed by atoms with Crippen LogP contribution in [0.4, 0.5) is 6.01 Å². The van der Waals surface area contributed by atoms with Crippen LogP contribution in [0.3, 0.4) is 0 Å². The number of hydrogen-bond donors (Lipinski definition) is 0. The molecule has 0 bridgehead atoms. The Labute approximate surface area is 184 Å². The van der Waals surface area contributed by atoms with Crippen LogP contribution in [0.2, 0.25) is 0 Å². The first-order valence-corrected chi connectivity index (χ1v) is 12.0. The van der Waals surface area contributed by atoms with Crippen molar-refractivity contribution in [1.82, 2.24) is 10.2 Å². The van der Waals surface area contributed by atoms with Crippen LogP contribution in [0, 0.1) is 0 Å². The minimum absolute atomic E-state index is 0.0948.